The van der Waals surface area contributed by atoms with Gasteiger partial charge in [0.15, 0.2) is 0 Å². The zero-order chi connectivity index (χ0) is 11.7. The van der Waals surface area contributed by atoms with E-state index in [0.29, 0.717) is 6.04 Å². The molecule has 2 fully saturated rings. The molecule has 1 aromatic rings. The lowest BCUT2D eigenvalue weighted by Crippen LogP contribution is -2.56. The van der Waals surface area contributed by atoms with Gasteiger partial charge in [-0.2, -0.15) is 0 Å². The van der Waals surface area contributed by atoms with Gasteiger partial charge in [-0.1, -0.05) is 0 Å². The Morgan fingerprint density at radius 1 is 1.53 bits per heavy atom. The van der Waals surface area contributed by atoms with Crippen molar-refractivity contribution in [1.29, 1.82) is 0 Å². The number of ether oxygens (including phenoxy) is 1. The maximum absolute atomic E-state index is 5.48. The predicted octanol–water partition coefficient (Wildman–Crippen LogP) is 0.576. The van der Waals surface area contributed by atoms with E-state index in [1.54, 1.807) is 0 Å². The molecule has 0 amide bonds. The highest BCUT2D eigenvalue weighted by molar-refractivity contribution is 5.25. The normalized spacial score (nSPS) is 28.9. The SMILES string of the molecule is CN1CCNC(CC2(c3cc[nH]c3)COC2)C1. The molecule has 3 rings (SSSR count). The molecule has 4 heteroatoms. The first-order chi connectivity index (χ1) is 8.28. The molecule has 1 atom stereocenters. The van der Waals surface area contributed by atoms with Crippen LogP contribution in [0.15, 0.2) is 18.5 Å². The van der Waals surface area contributed by atoms with Crippen LogP contribution in [0.1, 0.15) is 12.0 Å². The third-order valence-corrected chi connectivity index (χ3v) is 4.06. The number of hydrogen-bond donors (Lipinski definition) is 2. The number of likely N-dealkylation sites (N-methyl/N-ethyl adjacent to an activating group) is 1. The van der Waals surface area contributed by atoms with Crippen molar-refractivity contribution in [2.45, 2.75) is 17.9 Å². The summed E-state index contributed by atoms with van der Waals surface area (Å²) < 4.78 is 5.48. The first-order valence-corrected chi connectivity index (χ1v) is 6.41. The Balaban J connectivity index is 1.70. The molecule has 1 unspecified atom stereocenters. The van der Waals surface area contributed by atoms with E-state index in [-0.39, 0.29) is 5.41 Å². The van der Waals surface area contributed by atoms with E-state index in [9.17, 15) is 0 Å². The van der Waals surface area contributed by atoms with Gasteiger partial charge in [0.2, 0.25) is 0 Å². The molecule has 94 valence electrons. The lowest BCUT2D eigenvalue weighted by Gasteiger charge is -2.45. The molecule has 2 aliphatic heterocycles. The van der Waals surface area contributed by atoms with Crippen molar-refractivity contribution in [2.75, 3.05) is 39.9 Å². The molecule has 0 aromatic carbocycles. The zero-order valence-electron chi connectivity index (χ0n) is 10.4. The van der Waals surface area contributed by atoms with Crippen LogP contribution in [0.2, 0.25) is 0 Å². The number of nitrogens with zero attached hydrogens (tertiary/aromatic N) is 1. The second-order valence-corrected chi connectivity index (χ2v) is 5.49. The summed E-state index contributed by atoms with van der Waals surface area (Å²) in [6, 6.07) is 2.78. The van der Waals surface area contributed by atoms with Gasteiger partial charge < -0.3 is 19.9 Å². The van der Waals surface area contributed by atoms with Crippen molar-refractivity contribution in [3.8, 4) is 0 Å². The van der Waals surface area contributed by atoms with E-state index >= 15 is 0 Å². The molecule has 1 aromatic heterocycles. The maximum atomic E-state index is 5.48. The van der Waals surface area contributed by atoms with Gasteiger partial charge in [-0.05, 0) is 25.1 Å². The lowest BCUT2D eigenvalue weighted by atomic mass is 9.74. The highest BCUT2D eigenvalue weighted by Crippen LogP contribution is 2.36. The van der Waals surface area contributed by atoms with Crippen LogP contribution in [-0.4, -0.2) is 55.8 Å². The number of rotatable bonds is 3. The van der Waals surface area contributed by atoms with E-state index in [1.807, 2.05) is 6.20 Å². The third-order valence-electron chi connectivity index (χ3n) is 4.06. The van der Waals surface area contributed by atoms with E-state index < -0.39 is 0 Å². The lowest BCUT2D eigenvalue weighted by molar-refractivity contribution is -0.0706. The molecular formula is C13H21N3O. The molecule has 0 saturated carbocycles. The van der Waals surface area contributed by atoms with Gasteiger partial charge in [-0.3, -0.25) is 0 Å². The summed E-state index contributed by atoms with van der Waals surface area (Å²) in [6.45, 7) is 5.14. The van der Waals surface area contributed by atoms with Crippen LogP contribution in [0.4, 0.5) is 0 Å². The molecule has 0 aliphatic carbocycles. The highest BCUT2D eigenvalue weighted by Gasteiger charge is 2.42. The van der Waals surface area contributed by atoms with Gasteiger partial charge >= 0.3 is 0 Å². The summed E-state index contributed by atoms with van der Waals surface area (Å²) >= 11 is 0. The van der Waals surface area contributed by atoms with Crippen molar-refractivity contribution >= 4 is 0 Å². The van der Waals surface area contributed by atoms with Crippen LogP contribution in [0.25, 0.3) is 0 Å². The minimum atomic E-state index is 0.246. The van der Waals surface area contributed by atoms with Crippen LogP contribution in [-0.2, 0) is 10.2 Å². The van der Waals surface area contributed by atoms with Gasteiger partial charge in [-0.25, -0.2) is 0 Å². The highest BCUT2D eigenvalue weighted by atomic mass is 16.5. The molecule has 3 heterocycles. The smallest absolute Gasteiger partial charge is 0.0586 e. The summed E-state index contributed by atoms with van der Waals surface area (Å²) in [5.41, 5.74) is 1.65. The van der Waals surface area contributed by atoms with E-state index in [2.05, 4.69) is 34.5 Å². The predicted molar refractivity (Wildman–Crippen MR) is 67.2 cm³/mol. The molecule has 17 heavy (non-hydrogen) atoms. The fourth-order valence-electron chi connectivity index (χ4n) is 3.00. The molecular weight excluding hydrogens is 214 g/mol. The summed E-state index contributed by atoms with van der Waals surface area (Å²) in [6.07, 6.45) is 5.31. The second-order valence-electron chi connectivity index (χ2n) is 5.49. The number of hydrogen-bond acceptors (Lipinski definition) is 3. The second kappa shape index (κ2) is 4.44. The van der Waals surface area contributed by atoms with Crippen LogP contribution in [0.3, 0.4) is 0 Å². The summed E-state index contributed by atoms with van der Waals surface area (Å²) in [5.74, 6) is 0. The Labute approximate surface area is 102 Å². The zero-order valence-corrected chi connectivity index (χ0v) is 10.4. The Morgan fingerprint density at radius 3 is 3.00 bits per heavy atom. The monoisotopic (exact) mass is 235 g/mol. The largest absolute Gasteiger partial charge is 0.379 e. The van der Waals surface area contributed by atoms with Crippen molar-refractivity contribution in [1.82, 2.24) is 15.2 Å². The number of nitrogens with one attached hydrogen (secondary N) is 2. The molecule has 2 aliphatic rings. The first kappa shape index (κ1) is 11.3. The van der Waals surface area contributed by atoms with Crippen LogP contribution in [0, 0.1) is 0 Å². The molecule has 4 nitrogen and oxygen atoms in total. The quantitative estimate of drug-likeness (QED) is 0.805. The fraction of sp³-hybridized carbons (Fsp3) is 0.692. The van der Waals surface area contributed by atoms with Gasteiger partial charge in [0.1, 0.15) is 0 Å². The number of piperazine rings is 1. The third kappa shape index (κ3) is 2.12. The Bertz CT molecular complexity index is 359. The molecule has 2 saturated heterocycles. The molecule has 0 radical (unpaired) electrons. The summed E-state index contributed by atoms with van der Waals surface area (Å²) in [7, 11) is 2.20. The Hall–Kier alpha value is -0.840. The maximum Gasteiger partial charge on any atom is 0.0586 e. The average molecular weight is 235 g/mol. The van der Waals surface area contributed by atoms with Crippen molar-refractivity contribution in [2.24, 2.45) is 0 Å². The number of H-pyrrole nitrogens is 1. The van der Waals surface area contributed by atoms with Crippen LogP contribution >= 0.6 is 0 Å². The average Bonchev–Trinajstić information content (AvgIpc) is 2.77. The van der Waals surface area contributed by atoms with E-state index in [0.717, 1.165) is 32.8 Å². The van der Waals surface area contributed by atoms with Gasteiger partial charge in [0.25, 0.3) is 0 Å². The van der Waals surface area contributed by atoms with Crippen molar-refractivity contribution < 1.29 is 4.74 Å². The van der Waals surface area contributed by atoms with Crippen LogP contribution < -0.4 is 5.32 Å². The Kier molecular flexibility index (Phi) is 2.94. The topological polar surface area (TPSA) is 40.3 Å². The molecule has 2 N–H and O–H groups in total. The van der Waals surface area contributed by atoms with Crippen LogP contribution in [0.5, 0.6) is 0 Å². The van der Waals surface area contributed by atoms with E-state index in [4.69, 9.17) is 4.74 Å². The summed E-state index contributed by atoms with van der Waals surface area (Å²) in [4.78, 5) is 5.57. The first-order valence-electron chi connectivity index (χ1n) is 6.41. The summed E-state index contributed by atoms with van der Waals surface area (Å²) in [5, 5.41) is 3.63. The van der Waals surface area contributed by atoms with E-state index in [1.165, 1.54) is 12.0 Å². The fourth-order valence-corrected chi connectivity index (χ4v) is 3.00. The minimum absolute atomic E-state index is 0.246. The number of aromatic nitrogens is 1. The molecule has 0 spiro atoms. The number of aromatic amines is 1. The Morgan fingerprint density at radius 2 is 2.41 bits per heavy atom. The van der Waals surface area contributed by atoms with Crippen molar-refractivity contribution in [3.63, 3.8) is 0 Å². The van der Waals surface area contributed by atoms with Gasteiger partial charge in [-0.15, -0.1) is 0 Å². The van der Waals surface area contributed by atoms with Crippen molar-refractivity contribution in [3.05, 3.63) is 24.0 Å². The van der Waals surface area contributed by atoms with Gasteiger partial charge in [0, 0.05) is 43.5 Å². The standard InChI is InChI=1S/C13H21N3O/c1-16-5-4-15-12(8-16)6-13(9-17-10-13)11-2-3-14-7-11/h2-3,7,12,14-15H,4-6,8-10H2,1H3. The minimum Gasteiger partial charge on any atom is -0.379 e. The molecule has 0 bridgehead atoms. The van der Waals surface area contributed by atoms with Gasteiger partial charge in [0.05, 0.1) is 13.2 Å².